The summed E-state index contributed by atoms with van der Waals surface area (Å²) in [6, 6.07) is 4.74. The Bertz CT molecular complexity index is 539. The summed E-state index contributed by atoms with van der Waals surface area (Å²) < 4.78 is 55.9. The number of benzene rings is 1. The fraction of sp³-hybridized carbons (Fsp3) is 0.600. The summed E-state index contributed by atoms with van der Waals surface area (Å²) in [4.78, 5) is 0. The highest BCUT2D eigenvalue weighted by Gasteiger charge is 2.28. The molecule has 0 spiro atoms. The fourth-order valence-electron chi connectivity index (χ4n) is 1.67. The molecule has 0 aliphatic rings. The van der Waals surface area contributed by atoms with Crippen molar-refractivity contribution in [2.24, 2.45) is 0 Å². The predicted molar refractivity (Wildman–Crippen MR) is 82.2 cm³/mol. The van der Waals surface area contributed by atoms with Crippen molar-refractivity contribution in [3.63, 3.8) is 0 Å². The van der Waals surface area contributed by atoms with Gasteiger partial charge in [-0.3, -0.25) is 0 Å². The lowest BCUT2D eigenvalue weighted by atomic mass is 10.1. The number of aryl methyl sites for hydroxylation is 1. The Balaban J connectivity index is 2.78. The average Bonchev–Trinajstić information content (AvgIpc) is 2.34. The number of halogens is 3. The number of hydrogen-bond donors (Lipinski definition) is 1. The first-order valence-electron chi connectivity index (χ1n) is 6.88. The highest BCUT2D eigenvalue weighted by Crippen LogP contribution is 2.25. The molecule has 126 valence electrons. The highest BCUT2D eigenvalue weighted by atomic mass is 32.2. The molecule has 0 bridgehead atoms. The molecule has 0 aliphatic heterocycles. The lowest BCUT2D eigenvalue weighted by Gasteiger charge is -2.22. The van der Waals surface area contributed by atoms with Gasteiger partial charge in [0.25, 0.3) is 0 Å². The first kappa shape index (κ1) is 19.0. The Kier molecular flexibility index (Phi) is 6.03. The lowest BCUT2D eigenvalue weighted by Crippen LogP contribution is -2.34. The van der Waals surface area contributed by atoms with Crippen LogP contribution >= 0.6 is 0 Å². The largest absolute Gasteiger partial charge is 0.484 e. The van der Waals surface area contributed by atoms with Crippen molar-refractivity contribution in [2.75, 3.05) is 6.61 Å². The standard InChI is InChI=1S/C15H22F3NO2S/c1-10-8-12(11(2)19-22(20)14(3,4)5)6-7-13(10)21-9-15(16,17)18/h6-8,11,19H,9H2,1-5H3. The Hall–Kier alpha value is -1.08. The van der Waals surface area contributed by atoms with Crippen LogP contribution in [0.4, 0.5) is 13.2 Å². The van der Waals surface area contributed by atoms with Crippen LogP contribution in [0.2, 0.25) is 0 Å². The summed E-state index contributed by atoms with van der Waals surface area (Å²) in [6.45, 7) is 7.82. The minimum Gasteiger partial charge on any atom is -0.484 e. The second-order valence-corrected chi connectivity index (χ2v) is 8.15. The minimum absolute atomic E-state index is 0.185. The van der Waals surface area contributed by atoms with E-state index < -0.39 is 23.8 Å². The van der Waals surface area contributed by atoms with Crippen molar-refractivity contribution >= 4 is 11.0 Å². The summed E-state index contributed by atoms with van der Waals surface area (Å²) in [5, 5.41) is 0. The number of nitrogens with one attached hydrogen (secondary N) is 1. The topological polar surface area (TPSA) is 38.3 Å². The molecule has 0 heterocycles. The van der Waals surface area contributed by atoms with E-state index in [1.54, 1.807) is 19.1 Å². The van der Waals surface area contributed by atoms with Gasteiger partial charge in [-0.25, -0.2) is 8.93 Å². The molecule has 1 N–H and O–H groups in total. The minimum atomic E-state index is -4.36. The molecular weight excluding hydrogens is 315 g/mol. The molecule has 2 atom stereocenters. The van der Waals surface area contributed by atoms with Gasteiger partial charge in [-0.2, -0.15) is 13.2 Å². The van der Waals surface area contributed by atoms with Gasteiger partial charge in [0.15, 0.2) is 6.61 Å². The molecule has 0 amide bonds. The van der Waals surface area contributed by atoms with Crippen LogP contribution in [0.5, 0.6) is 5.75 Å². The zero-order chi connectivity index (χ0) is 17.1. The van der Waals surface area contributed by atoms with Gasteiger partial charge in [-0.1, -0.05) is 12.1 Å². The first-order valence-corrected chi connectivity index (χ1v) is 8.03. The van der Waals surface area contributed by atoms with Crippen LogP contribution in [-0.4, -0.2) is 21.7 Å². The van der Waals surface area contributed by atoms with Gasteiger partial charge in [-0.15, -0.1) is 0 Å². The van der Waals surface area contributed by atoms with Crippen molar-refractivity contribution in [1.29, 1.82) is 0 Å². The van der Waals surface area contributed by atoms with Crippen molar-refractivity contribution in [2.45, 2.75) is 51.6 Å². The highest BCUT2D eigenvalue weighted by molar-refractivity contribution is 7.84. The lowest BCUT2D eigenvalue weighted by molar-refractivity contribution is -0.153. The third kappa shape index (κ3) is 5.96. The van der Waals surface area contributed by atoms with Gasteiger partial charge in [0.2, 0.25) is 0 Å². The molecule has 0 radical (unpaired) electrons. The summed E-state index contributed by atoms with van der Waals surface area (Å²) >= 11 is 0. The molecule has 22 heavy (non-hydrogen) atoms. The normalized spacial score (nSPS) is 15.5. The van der Waals surface area contributed by atoms with Crippen LogP contribution in [0.15, 0.2) is 18.2 Å². The molecule has 0 fully saturated rings. The molecule has 7 heteroatoms. The first-order chi connectivity index (χ1) is 9.90. The molecular formula is C15H22F3NO2S. The Morgan fingerprint density at radius 3 is 2.32 bits per heavy atom. The molecule has 1 aromatic carbocycles. The maximum absolute atomic E-state index is 12.2. The van der Waals surface area contributed by atoms with Gasteiger partial charge < -0.3 is 4.74 Å². The third-order valence-corrected chi connectivity index (χ3v) is 4.61. The summed E-state index contributed by atoms with van der Waals surface area (Å²) in [5.74, 6) is 0.199. The van der Waals surface area contributed by atoms with Crippen molar-refractivity contribution in [3.05, 3.63) is 29.3 Å². The van der Waals surface area contributed by atoms with E-state index in [-0.39, 0.29) is 16.5 Å². The second-order valence-electron chi connectivity index (χ2n) is 6.15. The van der Waals surface area contributed by atoms with E-state index in [1.807, 2.05) is 27.7 Å². The second kappa shape index (κ2) is 7.00. The SMILES string of the molecule is Cc1cc(C(C)NS(=O)C(C)(C)C)ccc1OCC(F)(F)F. The molecule has 1 rings (SSSR count). The van der Waals surface area contributed by atoms with E-state index in [9.17, 15) is 17.4 Å². The van der Waals surface area contributed by atoms with Gasteiger partial charge in [0, 0.05) is 6.04 Å². The zero-order valence-electron chi connectivity index (χ0n) is 13.4. The van der Waals surface area contributed by atoms with E-state index in [1.165, 1.54) is 6.07 Å². The third-order valence-electron chi connectivity index (χ3n) is 2.93. The van der Waals surface area contributed by atoms with E-state index in [0.29, 0.717) is 5.56 Å². The zero-order valence-corrected chi connectivity index (χ0v) is 14.2. The number of hydrogen-bond acceptors (Lipinski definition) is 2. The van der Waals surface area contributed by atoms with Crippen LogP contribution in [-0.2, 0) is 11.0 Å². The monoisotopic (exact) mass is 337 g/mol. The summed E-state index contributed by atoms with van der Waals surface area (Å²) in [7, 11) is -1.23. The molecule has 3 nitrogen and oxygen atoms in total. The smallest absolute Gasteiger partial charge is 0.422 e. The molecule has 2 unspecified atom stereocenters. The summed E-state index contributed by atoms with van der Waals surface area (Å²) in [6.07, 6.45) is -4.36. The van der Waals surface area contributed by atoms with E-state index in [2.05, 4.69) is 4.72 Å². The van der Waals surface area contributed by atoms with E-state index in [4.69, 9.17) is 4.74 Å². The van der Waals surface area contributed by atoms with Crippen LogP contribution in [0.1, 0.15) is 44.9 Å². The van der Waals surface area contributed by atoms with Crippen molar-refractivity contribution in [1.82, 2.24) is 4.72 Å². The molecule has 1 aromatic rings. The quantitative estimate of drug-likeness (QED) is 0.880. The number of ether oxygens (including phenoxy) is 1. The Morgan fingerprint density at radius 2 is 1.86 bits per heavy atom. The van der Waals surface area contributed by atoms with Gasteiger partial charge in [0.05, 0.1) is 15.7 Å². The van der Waals surface area contributed by atoms with E-state index in [0.717, 1.165) is 5.56 Å². The van der Waals surface area contributed by atoms with Crippen LogP contribution in [0.25, 0.3) is 0 Å². The Labute approximate surface area is 131 Å². The molecule has 0 saturated heterocycles. The van der Waals surface area contributed by atoms with E-state index >= 15 is 0 Å². The van der Waals surface area contributed by atoms with Gasteiger partial charge in [0.1, 0.15) is 5.75 Å². The average molecular weight is 337 g/mol. The van der Waals surface area contributed by atoms with Crippen molar-refractivity contribution in [3.8, 4) is 5.75 Å². The van der Waals surface area contributed by atoms with Crippen LogP contribution in [0, 0.1) is 6.92 Å². The maximum atomic E-state index is 12.2. The number of alkyl halides is 3. The molecule has 0 saturated carbocycles. The van der Waals surface area contributed by atoms with Crippen molar-refractivity contribution < 1.29 is 22.1 Å². The fourth-order valence-corrected chi connectivity index (χ4v) is 2.48. The van der Waals surface area contributed by atoms with Gasteiger partial charge >= 0.3 is 6.18 Å². The van der Waals surface area contributed by atoms with Gasteiger partial charge in [-0.05, 0) is 51.8 Å². The molecule has 0 aliphatic carbocycles. The summed E-state index contributed by atoms with van der Waals surface area (Å²) in [5.41, 5.74) is 1.45. The van der Waals surface area contributed by atoms with Crippen LogP contribution in [0.3, 0.4) is 0 Å². The van der Waals surface area contributed by atoms with Crippen LogP contribution < -0.4 is 9.46 Å². The maximum Gasteiger partial charge on any atom is 0.422 e. The Morgan fingerprint density at radius 1 is 1.27 bits per heavy atom. The predicted octanol–water partition coefficient (Wildman–Crippen LogP) is 4.05. The molecule has 0 aromatic heterocycles. The number of rotatable bonds is 5.